The highest BCUT2D eigenvalue weighted by atomic mass is 32.2. The van der Waals surface area contributed by atoms with Gasteiger partial charge in [-0.05, 0) is 85.3 Å². The Balaban J connectivity index is 1.42. The van der Waals surface area contributed by atoms with Crippen molar-refractivity contribution in [3.05, 3.63) is 47.5 Å². The summed E-state index contributed by atoms with van der Waals surface area (Å²) in [6.45, 7) is 12.5. The molecule has 2 fully saturated rings. The molecule has 54 heavy (non-hydrogen) atoms. The van der Waals surface area contributed by atoms with Crippen LogP contribution in [0.25, 0.3) is 0 Å². The molecule has 5 rings (SSSR count). The molecular formula is C38H56N6O9S. The number of fused-ring (bicyclic) bond motifs is 3. The molecular weight excluding hydrogens is 717 g/mol. The van der Waals surface area contributed by atoms with Crippen molar-refractivity contribution in [3.63, 3.8) is 0 Å². The van der Waals surface area contributed by atoms with E-state index in [1.54, 1.807) is 53.4 Å². The highest BCUT2D eigenvalue weighted by Gasteiger charge is 2.62. The highest BCUT2D eigenvalue weighted by Crippen LogP contribution is 2.46. The largest absolute Gasteiger partial charge is 0.444 e. The molecule has 1 aliphatic carbocycles. The summed E-state index contributed by atoms with van der Waals surface area (Å²) in [6, 6.07) is 4.54. The van der Waals surface area contributed by atoms with E-state index in [2.05, 4.69) is 15.4 Å². The van der Waals surface area contributed by atoms with E-state index < -0.39 is 87.4 Å². The lowest BCUT2D eigenvalue weighted by molar-refractivity contribution is -0.141. The fourth-order valence-electron chi connectivity index (χ4n) is 7.71. The number of hydrogen-bond acceptors (Lipinski definition) is 9. The quantitative estimate of drug-likeness (QED) is 0.347. The van der Waals surface area contributed by atoms with Gasteiger partial charge in [-0.1, -0.05) is 49.3 Å². The molecule has 3 heterocycles. The van der Waals surface area contributed by atoms with Gasteiger partial charge in [0.25, 0.3) is 5.91 Å². The molecule has 4 aliphatic rings. The first-order valence-electron chi connectivity index (χ1n) is 19.0. The molecule has 0 radical (unpaired) electrons. The second kappa shape index (κ2) is 16.3. The van der Waals surface area contributed by atoms with Gasteiger partial charge in [-0.3, -0.25) is 19.3 Å². The molecule has 0 spiro atoms. The fourth-order valence-corrected chi connectivity index (χ4v) is 9.34. The van der Waals surface area contributed by atoms with Gasteiger partial charge in [0.2, 0.25) is 11.8 Å². The van der Waals surface area contributed by atoms with Gasteiger partial charge in [-0.2, -0.15) is 12.7 Å². The molecule has 298 valence electrons. The second-order valence-corrected chi connectivity index (χ2v) is 17.9. The van der Waals surface area contributed by atoms with Crippen molar-refractivity contribution < 1.29 is 41.9 Å². The standard InChI is InChI=1S/C38H56N6O9S/c1-24(2)44(25(3)4)54(50,51)41-34(47)38-20-28(38)17-11-9-8-10-12-18-30(39-35(48)53-37(5,6)7)33(46)43-23-29(19-31(43)32(45)40-38)52-36(49)42-21-26-15-13-14-16-27(26)22-42/h11,13-17,24-25,28-31H,8-10,12,18-23H2,1-7H3,(H,39,48)(H,40,45)(H,41,47). The summed E-state index contributed by atoms with van der Waals surface area (Å²) in [5, 5.41) is 5.54. The summed E-state index contributed by atoms with van der Waals surface area (Å²) in [5.41, 5.74) is -0.418. The van der Waals surface area contributed by atoms with Crippen molar-refractivity contribution in [3.8, 4) is 0 Å². The van der Waals surface area contributed by atoms with E-state index in [-0.39, 0.29) is 25.8 Å². The summed E-state index contributed by atoms with van der Waals surface area (Å²) < 4.78 is 41.8. The molecule has 5 amide bonds. The van der Waals surface area contributed by atoms with Crippen LogP contribution in [0.5, 0.6) is 0 Å². The van der Waals surface area contributed by atoms with E-state index in [0.29, 0.717) is 25.9 Å². The number of hydrogen-bond donors (Lipinski definition) is 3. The third-order valence-corrected chi connectivity index (χ3v) is 12.1. The number of amides is 5. The predicted octanol–water partition coefficient (Wildman–Crippen LogP) is 3.88. The van der Waals surface area contributed by atoms with Crippen LogP contribution in [0.3, 0.4) is 0 Å². The van der Waals surface area contributed by atoms with E-state index in [1.807, 2.05) is 36.4 Å². The summed E-state index contributed by atoms with van der Waals surface area (Å²) in [5.74, 6) is -2.63. The van der Waals surface area contributed by atoms with Crippen molar-refractivity contribution in [2.75, 3.05) is 6.54 Å². The lowest BCUT2D eigenvalue weighted by atomic mass is 10.0. The molecule has 1 aromatic rings. The first-order chi connectivity index (χ1) is 25.3. The van der Waals surface area contributed by atoms with Gasteiger partial charge in [-0.15, -0.1) is 0 Å². The lowest BCUT2D eigenvalue weighted by Gasteiger charge is -2.31. The normalized spacial score (nSPS) is 26.3. The van der Waals surface area contributed by atoms with Crippen molar-refractivity contribution in [2.24, 2.45) is 5.92 Å². The molecule has 3 N–H and O–H groups in total. The minimum atomic E-state index is -4.29. The smallest absolute Gasteiger partial charge is 0.410 e. The summed E-state index contributed by atoms with van der Waals surface area (Å²) in [4.78, 5) is 71.9. The number of ether oxygens (including phenoxy) is 2. The molecule has 1 saturated heterocycles. The molecule has 15 nitrogen and oxygen atoms in total. The minimum Gasteiger partial charge on any atom is -0.444 e. The average molecular weight is 773 g/mol. The molecule has 0 bridgehead atoms. The molecule has 1 saturated carbocycles. The number of rotatable bonds is 7. The Morgan fingerprint density at radius 2 is 1.65 bits per heavy atom. The van der Waals surface area contributed by atoms with Gasteiger partial charge in [0.15, 0.2) is 0 Å². The molecule has 1 aromatic carbocycles. The van der Waals surface area contributed by atoms with Crippen LogP contribution in [-0.2, 0) is 47.2 Å². The summed E-state index contributed by atoms with van der Waals surface area (Å²) in [6.07, 6.45) is 4.60. The Bertz CT molecular complexity index is 1710. The monoisotopic (exact) mass is 772 g/mol. The number of carbonyl (C=O) groups is 5. The van der Waals surface area contributed by atoms with E-state index in [1.165, 1.54) is 9.21 Å². The van der Waals surface area contributed by atoms with Crippen molar-refractivity contribution >= 4 is 40.1 Å². The average Bonchev–Trinajstić information content (AvgIpc) is 3.36. The van der Waals surface area contributed by atoms with Gasteiger partial charge in [-0.25, -0.2) is 14.3 Å². The molecule has 16 heteroatoms. The van der Waals surface area contributed by atoms with Crippen LogP contribution >= 0.6 is 0 Å². The Kier molecular flexibility index (Phi) is 12.4. The second-order valence-electron chi connectivity index (χ2n) is 16.4. The van der Waals surface area contributed by atoms with Crippen LogP contribution in [0.2, 0.25) is 0 Å². The van der Waals surface area contributed by atoms with Crippen LogP contribution in [0, 0.1) is 5.92 Å². The predicted molar refractivity (Wildman–Crippen MR) is 200 cm³/mol. The lowest BCUT2D eigenvalue weighted by Crippen LogP contribution is -2.59. The Morgan fingerprint density at radius 1 is 1.00 bits per heavy atom. The highest BCUT2D eigenvalue weighted by molar-refractivity contribution is 7.87. The van der Waals surface area contributed by atoms with E-state index in [4.69, 9.17) is 9.47 Å². The van der Waals surface area contributed by atoms with E-state index in [0.717, 1.165) is 24.0 Å². The molecule has 0 aromatic heterocycles. The van der Waals surface area contributed by atoms with Crippen LogP contribution < -0.4 is 15.4 Å². The van der Waals surface area contributed by atoms with Crippen molar-refractivity contribution in [1.82, 2.24) is 29.5 Å². The zero-order valence-electron chi connectivity index (χ0n) is 32.4. The van der Waals surface area contributed by atoms with Gasteiger partial charge in [0.1, 0.15) is 29.3 Å². The number of carbonyl (C=O) groups excluding carboxylic acids is 5. The van der Waals surface area contributed by atoms with Crippen molar-refractivity contribution in [1.29, 1.82) is 0 Å². The number of alkyl carbamates (subject to hydrolysis) is 1. The van der Waals surface area contributed by atoms with Crippen LogP contribution in [0.4, 0.5) is 9.59 Å². The first kappa shape index (κ1) is 41.0. The number of allylic oxidation sites excluding steroid dienone is 1. The molecule has 5 unspecified atom stereocenters. The van der Waals surface area contributed by atoms with E-state index >= 15 is 0 Å². The number of nitrogens with one attached hydrogen (secondary N) is 3. The van der Waals surface area contributed by atoms with Gasteiger partial charge in [0.05, 0.1) is 6.54 Å². The number of nitrogens with zero attached hydrogens (tertiary/aromatic N) is 3. The maximum Gasteiger partial charge on any atom is 0.410 e. The summed E-state index contributed by atoms with van der Waals surface area (Å²) in [7, 11) is -4.29. The van der Waals surface area contributed by atoms with Gasteiger partial charge < -0.3 is 25.0 Å². The SMILES string of the molecule is CC(C)N(C(C)C)S(=O)(=O)NC(=O)C12CC1C=CCCCCCC(NC(=O)OC(C)(C)C)C(=O)N1CC(OC(=O)N3Cc4ccccc4C3)CC1C(=O)N2. The number of benzene rings is 1. The third kappa shape index (κ3) is 9.54. The topological polar surface area (TPSA) is 184 Å². The fraction of sp³-hybridized carbons (Fsp3) is 0.658. The van der Waals surface area contributed by atoms with Crippen LogP contribution in [-0.4, -0.2) is 100 Å². The first-order valence-corrected chi connectivity index (χ1v) is 20.4. The van der Waals surface area contributed by atoms with Gasteiger partial charge >= 0.3 is 22.4 Å². The van der Waals surface area contributed by atoms with Crippen molar-refractivity contribution in [2.45, 2.75) is 148 Å². The zero-order chi connectivity index (χ0) is 39.6. The van der Waals surface area contributed by atoms with Crippen LogP contribution in [0.15, 0.2) is 36.4 Å². The Hall–Kier alpha value is -4.18. The molecule has 5 atom stereocenters. The Morgan fingerprint density at radius 3 is 2.26 bits per heavy atom. The van der Waals surface area contributed by atoms with Gasteiger partial charge in [0, 0.05) is 37.5 Å². The zero-order valence-corrected chi connectivity index (χ0v) is 33.2. The maximum absolute atomic E-state index is 14.4. The maximum atomic E-state index is 14.4. The Labute approximate surface area is 318 Å². The molecule has 3 aliphatic heterocycles. The van der Waals surface area contributed by atoms with E-state index in [9.17, 15) is 32.4 Å². The third-order valence-electron chi connectivity index (χ3n) is 10.2. The summed E-state index contributed by atoms with van der Waals surface area (Å²) >= 11 is 0. The minimum absolute atomic E-state index is 0.0752. The van der Waals surface area contributed by atoms with Crippen LogP contribution in [0.1, 0.15) is 105 Å².